The highest BCUT2D eigenvalue weighted by atomic mass is 19.1. The van der Waals surface area contributed by atoms with E-state index in [4.69, 9.17) is 9.47 Å². The van der Waals surface area contributed by atoms with Gasteiger partial charge in [0.1, 0.15) is 6.61 Å². The van der Waals surface area contributed by atoms with E-state index in [0.717, 1.165) is 6.20 Å². The van der Waals surface area contributed by atoms with E-state index in [1.54, 1.807) is 0 Å². The van der Waals surface area contributed by atoms with Crippen molar-refractivity contribution in [3.63, 3.8) is 0 Å². The van der Waals surface area contributed by atoms with Gasteiger partial charge in [0.25, 0.3) is 0 Å². The van der Waals surface area contributed by atoms with Gasteiger partial charge in [-0.3, -0.25) is 4.98 Å². The van der Waals surface area contributed by atoms with E-state index in [0.29, 0.717) is 6.61 Å². The summed E-state index contributed by atoms with van der Waals surface area (Å²) in [5.41, 5.74) is -0.112. The van der Waals surface area contributed by atoms with Crippen molar-refractivity contribution in [1.82, 2.24) is 4.98 Å². The van der Waals surface area contributed by atoms with E-state index < -0.39 is 11.8 Å². The molecule has 88 valence electrons. The number of hydrogen-bond acceptors (Lipinski definition) is 4. The third kappa shape index (κ3) is 3.94. The Morgan fingerprint density at radius 3 is 2.88 bits per heavy atom. The van der Waals surface area contributed by atoms with E-state index in [2.05, 4.69) is 4.98 Å². The highest BCUT2D eigenvalue weighted by molar-refractivity contribution is 5.89. The number of aromatic nitrogens is 1. The quantitative estimate of drug-likeness (QED) is 0.568. The minimum Gasteiger partial charge on any atom is -0.460 e. The summed E-state index contributed by atoms with van der Waals surface area (Å²) < 4.78 is 23.1. The lowest BCUT2D eigenvalue weighted by Crippen LogP contribution is -2.14. The van der Waals surface area contributed by atoms with Gasteiger partial charge in [-0.1, -0.05) is 0 Å². The lowest BCUT2D eigenvalue weighted by Gasteiger charge is -2.08. The third-order valence-corrected chi connectivity index (χ3v) is 1.76. The van der Waals surface area contributed by atoms with E-state index in [9.17, 15) is 9.18 Å². The number of pyridine rings is 1. The normalized spacial score (nSPS) is 10.5. The molecule has 1 heterocycles. The molecule has 1 rings (SSSR count). The fourth-order valence-electron chi connectivity index (χ4n) is 1.04. The maximum absolute atomic E-state index is 13.1. The van der Waals surface area contributed by atoms with Crippen molar-refractivity contribution in [3.8, 4) is 0 Å². The van der Waals surface area contributed by atoms with Crippen LogP contribution in [0.5, 0.6) is 0 Å². The number of halogens is 1. The molecule has 0 unspecified atom stereocenters. The minimum atomic E-state index is -0.702. The smallest absolute Gasteiger partial charge is 0.341 e. The molecule has 4 nitrogen and oxygen atoms in total. The van der Waals surface area contributed by atoms with Crippen LogP contribution in [0.2, 0.25) is 0 Å². The second kappa shape index (κ2) is 6.17. The summed E-state index contributed by atoms with van der Waals surface area (Å²) in [6.07, 6.45) is 2.39. The molecule has 0 bridgehead atoms. The highest BCUT2D eigenvalue weighted by Gasteiger charge is 2.12. The van der Waals surface area contributed by atoms with Crippen LogP contribution in [0.15, 0.2) is 18.5 Å². The van der Waals surface area contributed by atoms with Crippen molar-refractivity contribution in [3.05, 3.63) is 29.8 Å². The Bertz CT molecular complexity index is 355. The Balaban J connectivity index is 2.39. The summed E-state index contributed by atoms with van der Waals surface area (Å²) in [5, 5.41) is 0. The van der Waals surface area contributed by atoms with Crippen LogP contribution in [0.25, 0.3) is 0 Å². The van der Waals surface area contributed by atoms with Gasteiger partial charge in [-0.25, -0.2) is 9.18 Å². The van der Waals surface area contributed by atoms with Gasteiger partial charge in [0.05, 0.1) is 24.5 Å². The number of esters is 1. The van der Waals surface area contributed by atoms with Crippen LogP contribution in [0.3, 0.4) is 0 Å². The molecule has 0 aliphatic heterocycles. The molecule has 0 atom stereocenters. The van der Waals surface area contributed by atoms with Crippen LogP contribution in [0, 0.1) is 5.82 Å². The molecule has 0 aliphatic carbocycles. The topological polar surface area (TPSA) is 48.4 Å². The second-order valence-electron chi connectivity index (χ2n) is 3.41. The summed E-state index contributed by atoms with van der Waals surface area (Å²) in [7, 11) is 0. The molecular weight excluding hydrogens is 213 g/mol. The molecule has 0 radical (unpaired) electrons. The van der Waals surface area contributed by atoms with Gasteiger partial charge >= 0.3 is 5.97 Å². The van der Waals surface area contributed by atoms with E-state index in [-0.39, 0.29) is 18.3 Å². The molecule has 1 aromatic rings. The maximum Gasteiger partial charge on any atom is 0.341 e. The van der Waals surface area contributed by atoms with Crippen molar-refractivity contribution in [2.75, 3.05) is 13.2 Å². The number of nitrogens with zero attached hydrogens (tertiary/aromatic N) is 1. The lowest BCUT2D eigenvalue weighted by atomic mass is 10.2. The van der Waals surface area contributed by atoms with Gasteiger partial charge in [-0.05, 0) is 19.9 Å². The van der Waals surface area contributed by atoms with Crippen molar-refractivity contribution in [1.29, 1.82) is 0 Å². The number of rotatable bonds is 5. The first-order valence-electron chi connectivity index (χ1n) is 4.99. The van der Waals surface area contributed by atoms with Crippen LogP contribution in [0.4, 0.5) is 4.39 Å². The molecule has 0 aromatic carbocycles. The molecule has 5 heteroatoms. The maximum atomic E-state index is 13.1. The SMILES string of the molecule is CC(C)OCCOC(=O)c1ccncc1F. The summed E-state index contributed by atoms with van der Waals surface area (Å²) >= 11 is 0. The largest absolute Gasteiger partial charge is 0.460 e. The number of hydrogen-bond donors (Lipinski definition) is 0. The highest BCUT2D eigenvalue weighted by Crippen LogP contribution is 2.06. The van der Waals surface area contributed by atoms with Gasteiger partial charge in [-0.2, -0.15) is 0 Å². The van der Waals surface area contributed by atoms with E-state index in [1.165, 1.54) is 12.3 Å². The average Bonchev–Trinajstić information content (AvgIpc) is 2.24. The average molecular weight is 227 g/mol. The molecule has 0 saturated heterocycles. The van der Waals surface area contributed by atoms with E-state index >= 15 is 0 Å². The first-order chi connectivity index (χ1) is 7.61. The molecule has 1 aromatic heterocycles. The molecule has 0 N–H and O–H groups in total. The van der Waals surface area contributed by atoms with Crippen LogP contribution < -0.4 is 0 Å². The van der Waals surface area contributed by atoms with Crippen LogP contribution in [-0.2, 0) is 9.47 Å². The first kappa shape index (κ1) is 12.6. The van der Waals surface area contributed by atoms with E-state index in [1.807, 2.05) is 13.8 Å². The van der Waals surface area contributed by atoms with Gasteiger partial charge in [0.15, 0.2) is 5.82 Å². The molecule has 0 amide bonds. The molecule has 0 fully saturated rings. The van der Waals surface area contributed by atoms with Gasteiger partial charge in [0, 0.05) is 6.20 Å². The predicted octanol–water partition coefficient (Wildman–Crippen LogP) is 1.80. The summed E-state index contributed by atoms with van der Waals surface area (Å²) in [4.78, 5) is 14.9. The second-order valence-corrected chi connectivity index (χ2v) is 3.41. The van der Waals surface area contributed by atoms with Crippen molar-refractivity contribution >= 4 is 5.97 Å². The standard InChI is InChI=1S/C11H14FNO3/c1-8(2)15-5-6-16-11(14)9-3-4-13-7-10(9)12/h3-4,7-8H,5-6H2,1-2H3. The summed E-state index contributed by atoms with van der Waals surface area (Å²) in [6.45, 7) is 4.17. The fourth-order valence-corrected chi connectivity index (χ4v) is 1.04. The van der Waals surface area contributed by atoms with Crippen LogP contribution in [0.1, 0.15) is 24.2 Å². The van der Waals surface area contributed by atoms with Gasteiger partial charge in [0.2, 0.25) is 0 Å². The Kier molecular flexibility index (Phi) is 4.85. The Labute approximate surface area is 93.4 Å². The lowest BCUT2D eigenvalue weighted by molar-refractivity contribution is 0.0173. The Morgan fingerprint density at radius 1 is 1.50 bits per heavy atom. The predicted molar refractivity (Wildman–Crippen MR) is 55.6 cm³/mol. The fraction of sp³-hybridized carbons (Fsp3) is 0.455. The van der Waals surface area contributed by atoms with Crippen molar-refractivity contribution < 1.29 is 18.7 Å². The number of ether oxygens (including phenoxy) is 2. The molecule has 0 saturated carbocycles. The minimum absolute atomic E-state index is 0.0800. The van der Waals surface area contributed by atoms with Crippen LogP contribution >= 0.6 is 0 Å². The van der Waals surface area contributed by atoms with Gasteiger partial charge in [-0.15, -0.1) is 0 Å². The molecular formula is C11H14FNO3. The number of carbonyl (C=O) groups excluding carboxylic acids is 1. The summed E-state index contributed by atoms with van der Waals surface area (Å²) in [6, 6.07) is 1.28. The zero-order valence-corrected chi connectivity index (χ0v) is 9.27. The Morgan fingerprint density at radius 2 is 2.25 bits per heavy atom. The zero-order chi connectivity index (χ0) is 12.0. The Hall–Kier alpha value is -1.49. The first-order valence-corrected chi connectivity index (χ1v) is 4.99. The summed E-state index contributed by atoms with van der Waals surface area (Å²) in [5.74, 6) is -1.38. The zero-order valence-electron chi connectivity index (χ0n) is 9.27. The van der Waals surface area contributed by atoms with Crippen LogP contribution in [-0.4, -0.2) is 30.3 Å². The third-order valence-electron chi connectivity index (χ3n) is 1.76. The molecule has 16 heavy (non-hydrogen) atoms. The van der Waals surface area contributed by atoms with Crippen molar-refractivity contribution in [2.24, 2.45) is 0 Å². The van der Waals surface area contributed by atoms with Crippen molar-refractivity contribution in [2.45, 2.75) is 20.0 Å². The molecule has 0 spiro atoms. The monoisotopic (exact) mass is 227 g/mol. The number of carbonyl (C=O) groups is 1. The van der Waals surface area contributed by atoms with Gasteiger partial charge < -0.3 is 9.47 Å². The molecule has 0 aliphatic rings.